The maximum absolute atomic E-state index is 12.1. The van der Waals surface area contributed by atoms with Crippen LogP contribution in [0.5, 0.6) is 5.75 Å². The van der Waals surface area contributed by atoms with Crippen LogP contribution in [0.15, 0.2) is 30.6 Å². The van der Waals surface area contributed by atoms with Crippen molar-refractivity contribution in [3.05, 3.63) is 45.9 Å². The molecule has 0 aromatic carbocycles. The number of carbonyl (C=O) groups excluding carboxylic acids is 1. The molecule has 2 heterocycles. The minimum absolute atomic E-state index is 0.0163. The lowest BCUT2D eigenvalue weighted by molar-refractivity contribution is 0.103. The van der Waals surface area contributed by atoms with Crippen molar-refractivity contribution in [2.75, 3.05) is 7.11 Å². The van der Waals surface area contributed by atoms with Crippen molar-refractivity contribution >= 4 is 17.1 Å². The van der Waals surface area contributed by atoms with Crippen LogP contribution in [0.4, 0.5) is 0 Å². The highest BCUT2D eigenvalue weighted by molar-refractivity contribution is 7.14. The minimum atomic E-state index is -0.0163. The molecule has 0 aliphatic carbocycles. The van der Waals surface area contributed by atoms with Crippen molar-refractivity contribution in [2.24, 2.45) is 0 Å². The number of pyridine rings is 1. The van der Waals surface area contributed by atoms with Gasteiger partial charge >= 0.3 is 0 Å². The molecule has 0 fully saturated rings. The summed E-state index contributed by atoms with van der Waals surface area (Å²) in [5.74, 6) is 0.496. The summed E-state index contributed by atoms with van der Waals surface area (Å²) in [6, 6.07) is 5.45. The largest absolute Gasteiger partial charge is 0.494 e. The number of hydrogen-bond donors (Lipinski definition) is 0. The first-order valence-electron chi connectivity index (χ1n) is 4.81. The van der Waals surface area contributed by atoms with E-state index in [0.717, 1.165) is 9.75 Å². The molecule has 0 unspecified atom stereocenters. The van der Waals surface area contributed by atoms with Gasteiger partial charge in [0.15, 0.2) is 0 Å². The summed E-state index contributed by atoms with van der Waals surface area (Å²) in [5, 5.41) is 0. The first kappa shape index (κ1) is 10.8. The quantitative estimate of drug-likeness (QED) is 0.765. The maximum Gasteiger partial charge on any atom is 0.206 e. The van der Waals surface area contributed by atoms with Gasteiger partial charge in [0, 0.05) is 11.1 Å². The first-order valence-corrected chi connectivity index (χ1v) is 5.63. The Bertz CT molecular complexity index is 519. The average Bonchev–Trinajstić information content (AvgIpc) is 2.75. The molecule has 0 amide bonds. The predicted molar refractivity (Wildman–Crippen MR) is 63.3 cm³/mol. The molecule has 2 aromatic heterocycles. The van der Waals surface area contributed by atoms with Gasteiger partial charge in [-0.1, -0.05) is 0 Å². The molecule has 0 atom stereocenters. The molecule has 2 rings (SSSR count). The lowest BCUT2D eigenvalue weighted by atomic mass is 10.1. The lowest BCUT2D eigenvalue weighted by Gasteiger charge is -2.04. The van der Waals surface area contributed by atoms with Crippen LogP contribution < -0.4 is 4.74 Å². The Balaban J connectivity index is 2.41. The van der Waals surface area contributed by atoms with Gasteiger partial charge in [-0.25, -0.2) is 0 Å². The summed E-state index contributed by atoms with van der Waals surface area (Å²) in [6.07, 6.45) is 3.14. The van der Waals surface area contributed by atoms with Crippen LogP contribution in [-0.4, -0.2) is 17.9 Å². The van der Waals surface area contributed by atoms with E-state index in [9.17, 15) is 4.79 Å². The molecule has 3 nitrogen and oxygen atoms in total. The minimum Gasteiger partial charge on any atom is -0.494 e. The molecule has 2 aromatic rings. The van der Waals surface area contributed by atoms with Crippen molar-refractivity contribution in [3.63, 3.8) is 0 Å². The van der Waals surface area contributed by atoms with Gasteiger partial charge in [0.25, 0.3) is 0 Å². The second-order valence-corrected chi connectivity index (χ2v) is 4.60. The number of methoxy groups -OCH3 is 1. The Labute approximate surface area is 97.7 Å². The van der Waals surface area contributed by atoms with Gasteiger partial charge in [0.2, 0.25) is 5.78 Å². The highest BCUT2D eigenvalue weighted by Gasteiger charge is 2.15. The number of rotatable bonds is 3. The fourth-order valence-electron chi connectivity index (χ4n) is 1.42. The van der Waals surface area contributed by atoms with Crippen LogP contribution in [0.25, 0.3) is 0 Å². The van der Waals surface area contributed by atoms with Crippen LogP contribution in [-0.2, 0) is 0 Å². The van der Waals surface area contributed by atoms with Crippen LogP contribution >= 0.6 is 11.3 Å². The van der Waals surface area contributed by atoms with Crippen molar-refractivity contribution < 1.29 is 9.53 Å². The van der Waals surface area contributed by atoms with Crippen molar-refractivity contribution in [3.8, 4) is 5.75 Å². The molecular formula is C12H11NO2S. The number of ether oxygens (including phenoxy) is 1. The average molecular weight is 233 g/mol. The van der Waals surface area contributed by atoms with Gasteiger partial charge < -0.3 is 4.74 Å². The van der Waals surface area contributed by atoms with E-state index in [2.05, 4.69) is 4.98 Å². The number of aryl methyl sites for hydroxylation is 1. The van der Waals surface area contributed by atoms with E-state index in [1.54, 1.807) is 18.5 Å². The summed E-state index contributed by atoms with van der Waals surface area (Å²) in [4.78, 5) is 17.9. The lowest BCUT2D eigenvalue weighted by Crippen LogP contribution is -2.02. The number of nitrogens with zero attached hydrogens (tertiary/aromatic N) is 1. The van der Waals surface area contributed by atoms with Crippen molar-refractivity contribution in [2.45, 2.75) is 6.92 Å². The van der Waals surface area contributed by atoms with Gasteiger partial charge in [-0.15, -0.1) is 11.3 Å². The molecule has 4 heteroatoms. The van der Waals surface area contributed by atoms with Gasteiger partial charge in [0.05, 0.1) is 23.7 Å². The molecule has 0 aliphatic rings. The highest BCUT2D eigenvalue weighted by Crippen LogP contribution is 2.24. The normalized spacial score (nSPS) is 10.1. The monoisotopic (exact) mass is 233 g/mol. The van der Waals surface area contributed by atoms with Crippen LogP contribution in [0.3, 0.4) is 0 Å². The van der Waals surface area contributed by atoms with Crippen molar-refractivity contribution in [1.29, 1.82) is 0 Å². The van der Waals surface area contributed by atoms with E-state index in [1.165, 1.54) is 18.4 Å². The summed E-state index contributed by atoms with van der Waals surface area (Å²) < 4.78 is 5.12. The Morgan fingerprint density at radius 1 is 1.38 bits per heavy atom. The van der Waals surface area contributed by atoms with Gasteiger partial charge in [-0.3, -0.25) is 9.78 Å². The number of aromatic nitrogens is 1. The smallest absolute Gasteiger partial charge is 0.206 e. The van der Waals surface area contributed by atoms with E-state index in [0.29, 0.717) is 11.3 Å². The molecule has 0 saturated heterocycles. The molecule has 0 saturated carbocycles. The van der Waals surface area contributed by atoms with Gasteiger partial charge in [-0.2, -0.15) is 0 Å². The van der Waals surface area contributed by atoms with Crippen LogP contribution in [0.2, 0.25) is 0 Å². The standard InChI is InChI=1S/C12H11NO2S/c1-8-3-4-11(16-8)12(14)9-5-6-13-7-10(9)15-2/h3-7H,1-2H3. The van der Waals surface area contributed by atoms with Crippen molar-refractivity contribution in [1.82, 2.24) is 4.98 Å². The number of ketones is 1. The second kappa shape index (κ2) is 4.45. The van der Waals surface area contributed by atoms with E-state index in [1.807, 2.05) is 19.1 Å². The van der Waals surface area contributed by atoms with Crippen LogP contribution in [0, 0.1) is 6.92 Å². The van der Waals surface area contributed by atoms with Gasteiger partial charge in [0.1, 0.15) is 5.75 Å². The Kier molecular flexibility index (Phi) is 3.01. The number of thiophene rings is 1. The van der Waals surface area contributed by atoms with Gasteiger partial charge in [-0.05, 0) is 25.1 Å². The van der Waals surface area contributed by atoms with E-state index < -0.39 is 0 Å². The fraction of sp³-hybridized carbons (Fsp3) is 0.167. The number of hydrogen-bond acceptors (Lipinski definition) is 4. The zero-order valence-corrected chi connectivity index (χ0v) is 9.88. The predicted octanol–water partition coefficient (Wildman–Crippen LogP) is 2.69. The summed E-state index contributed by atoms with van der Waals surface area (Å²) in [5.41, 5.74) is 0.555. The Morgan fingerprint density at radius 3 is 2.81 bits per heavy atom. The van der Waals surface area contributed by atoms with E-state index in [-0.39, 0.29) is 5.78 Å². The molecular weight excluding hydrogens is 222 g/mol. The molecule has 82 valence electrons. The fourth-order valence-corrected chi connectivity index (χ4v) is 2.24. The third-order valence-electron chi connectivity index (χ3n) is 2.21. The zero-order valence-electron chi connectivity index (χ0n) is 9.06. The second-order valence-electron chi connectivity index (χ2n) is 3.32. The molecule has 0 radical (unpaired) electrons. The molecule has 0 N–H and O–H groups in total. The molecule has 0 bridgehead atoms. The van der Waals surface area contributed by atoms with E-state index >= 15 is 0 Å². The first-order chi connectivity index (χ1) is 7.72. The molecule has 0 spiro atoms. The third kappa shape index (κ3) is 1.97. The Morgan fingerprint density at radius 2 is 2.19 bits per heavy atom. The topological polar surface area (TPSA) is 39.2 Å². The maximum atomic E-state index is 12.1. The summed E-state index contributed by atoms with van der Waals surface area (Å²) in [6.45, 7) is 1.98. The third-order valence-corrected chi connectivity index (χ3v) is 3.21. The Hall–Kier alpha value is -1.68. The highest BCUT2D eigenvalue weighted by atomic mass is 32.1. The van der Waals surface area contributed by atoms with Crippen LogP contribution in [0.1, 0.15) is 20.1 Å². The molecule has 0 aliphatic heterocycles. The SMILES string of the molecule is COc1cnccc1C(=O)c1ccc(C)s1. The summed E-state index contributed by atoms with van der Waals surface area (Å²) >= 11 is 1.48. The molecule has 16 heavy (non-hydrogen) atoms. The summed E-state index contributed by atoms with van der Waals surface area (Å²) in [7, 11) is 1.54. The zero-order chi connectivity index (χ0) is 11.5. The van der Waals surface area contributed by atoms with E-state index in [4.69, 9.17) is 4.74 Å². The number of carbonyl (C=O) groups is 1.